The van der Waals surface area contributed by atoms with Gasteiger partial charge < -0.3 is 4.18 Å². The molecule has 3 nitrogen and oxygen atoms in total. The van der Waals surface area contributed by atoms with Crippen LogP contribution in [0.2, 0.25) is 0 Å². The molecular formula is C4H6O3S. The van der Waals surface area contributed by atoms with E-state index in [1.165, 1.54) is 0 Å². The van der Waals surface area contributed by atoms with E-state index in [1.54, 1.807) is 6.92 Å². The predicted octanol–water partition coefficient (Wildman–Crippen LogP) is -0.157. The molecule has 0 bridgehead atoms. The van der Waals surface area contributed by atoms with Crippen molar-refractivity contribution in [1.29, 1.82) is 0 Å². The second-order valence-corrected chi connectivity index (χ2v) is 2.88. The summed E-state index contributed by atoms with van der Waals surface area (Å²) in [5.41, 5.74) is 0. The topological polar surface area (TPSA) is 43.4 Å². The third-order valence-corrected chi connectivity index (χ3v) is 2.09. The van der Waals surface area contributed by atoms with Crippen molar-refractivity contribution in [3.8, 4) is 0 Å². The van der Waals surface area contributed by atoms with Crippen LogP contribution >= 0.6 is 0 Å². The van der Waals surface area contributed by atoms with Crippen molar-refractivity contribution in [2.24, 2.45) is 5.92 Å². The molecule has 0 radical (unpaired) electrons. The molecular weight excluding hydrogens is 128 g/mol. The fourth-order valence-electron chi connectivity index (χ4n) is 0.480. The Morgan fingerprint density at radius 2 is 2.50 bits per heavy atom. The van der Waals surface area contributed by atoms with E-state index in [9.17, 15) is 9.00 Å². The van der Waals surface area contributed by atoms with Crippen LogP contribution in [-0.4, -0.2) is 15.9 Å². The lowest BCUT2D eigenvalue weighted by Crippen LogP contribution is -2.03. The molecule has 2 atom stereocenters. The van der Waals surface area contributed by atoms with Crippen molar-refractivity contribution in [2.45, 2.75) is 6.92 Å². The van der Waals surface area contributed by atoms with Gasteiger partial charge in [0.1, 0.15) is 0 Å². The summed E-state index contributed by atoms with van der Waals surface area (Å²) in [6, 6.07) is 0. The molecule has 2 unspecified atom stereocenters. The number of carbonyl (C=O) groups excluding carboxylic acids is 1. The molecule has 0 aromatic rings. The van der Waals surface area contributed by atoms with E-state index in [0.717, 1.165) is 0 Å². The lowest BCUT2D eigenvalue weighted by atomic mass is 10.2. The van der Waals surface area contributed by atoms with Crippen LogP contribution in [0.5, 0.6) is 0 Å². The molecule has 4 heteroatoms. The van der Waals surface area contributed by atoms with Gasteiger partial charge in [0, 0.05) is 0 Å². The minimum Gasteiger partial charge on any atom is -0.364 e. The van der Waals surface area contributed by atoms with Crippen molar-refractivity contribution in [3.05, 3.63) is 0 Å². The van der Waals surface area contributed by atoms with Crippen molar-refractivity contribution in [1.82, 2.24) is 0 Å². The molecule has 1 rings (SSSR count). The Hall–Kier alpha value is -0.380. The standard InChI is InChI=1S/C4H6O3S/c1-3-2-8(6)7-4(3)5/h3H,2H2,1H3. The fourth-order valence-corrected chi connectivity index (χ4v) is 1.44. The number of hydrogen-bond donors (Lipinski definition) is 0. The van der Waals surface area contributed by atoms with E-state index >= 15 is 0 Å². The molecule has 8 heavy (non-hydrogen) atoms. The second kappa shape index (κ2) is 1.85. The van der Waals surface area contributed by atoms with E-state index in [0.29, 0.717) is 5.75 Å². The zero-order valence-electron chi connectivity index (χ0n) is 4.42. The molecule has 1 fully saturated rings. The summed E-state index contributed by atoms with van der Waals surface area (Å²) in [4.78, 5) is 10.4. The Labute approximate surface area is 49.7 Å². The molecule has 1 heterocycles. The first kappa shape index (κ1) is 5.75. The van der Waals surface area contributed by atoms with Gasteiger partial charge >= 0.3 is 5.97 Å². The molecule has 46 valence electrons. The number of carbonyl (C=O) groups is 1. The molecule has 0 N–H and O–H groups in total. The Balaban J connectivity index is 2.64. The van der Waals surface area contributed by atoms with Crippen molar-refractivity contribution < 1.29 is 13.2 Å². The minimum atomic E-state index is -1.33. The molecule has 0 aromatic carbocycles. The quantitative estimate of drug-likeness (QED) is 0.462. The Kier molecular flexibility index (Phi) is 1.33. The average molecular weight is 134 g/mol. The van der Waals surface area contributed by atoms with Crippen LogP contribution in [0.1, 0.15) is 6.92 Å². The van der Waals surface area contributed by atoms with Crippen molar-refractivity contribution in [2.75, 3.05) is 5.75 Å². The molecule has 1 saturated heterocycles. The summed E-state index contributed by atoms with van der Waals surface area (Å²) in [7, 11) is 0. The molecule has 1 aliphatic heterocycles. The molecule has 0 spiro atoms. The highest BCUT2D eigenvalue weighted by atomic mass is 32.2. The molecule has 1 aliphatic rings. The van der Waals surface area contributed by atoms with Crippen LogP contribution in [0.3, 0.4) is 0 Å². The monoisotopic (exact) mass is 134 g/mol. The van der Waals surface area contributed by atoms with Gasteiger partial charge in [0.15, 0.2) is 0 Å². The first-order valence-electron chi connectivity index (χ1n) is 2.30. The summed E-state index contributed by atoms with van der Waals surface area (Å²) in [6.07, 6.45) is 0. The van der Waals surface area contributed by atoms with Gasteiger partial charge in [-0.2, -0.15) is 0 Å². The van der Waals surface area contributed by atoms with Gasteiger partial charge in [-0.3, -0.25) is 4.79 Å². The Bertz CT molecular complexity index is 142. The Morgan fingerprint density at radius 1 is 1.88 bits per heavy atom. The van der Waals surface area contributed by atoms with Crippen molar-refractivity contribution in [3.63, 3.8) is 0 Å². The smallest absolute Gasteiger partial charge is 0.323 e. The normalized spacial score (nSPS) is 37.4. The maximum atomic E-state index is 10.4. The van der Waals surface area contributed by atoms with Crippen LogP contribution in [0.15, 0.2) is 0 Å². The zero-order chi connectivity index (χ0) is 6.15. The largest absolute Gasteiger partial charge is 0.364 e. The van der Waals surface area contributed by atoms with Gasteiger partial charge in [-0.1, -0.05) is 6.92 Å². The van der Waals surface area contributed by atoms with Crippen LogP contribution in [0.4, 0.5) is 0 Å². The first-order chi connectivity index (χ1) is 3.70. The third-order valence-electron chi connectivity index (χ3n) is 0.964. The highest BCUT2D eigenvalue weighted by molar-refractivity contribution is 7.81. The van der Waals surface area contributed by atoms with Gasteiger partial charge in [-0.05, 0) is 0 Å². The number of hydrogen-bond acceptors (Lipinski definition) is 3. The summed E-state index contributed by atoms with van der Waals surface area (Å²) in [6.45, 7) is 1.70. The summed E-state index contributed by atoms with van der Waals surface area (Å²) < 4.78 is 14.6. The van der Waals surface area contributed by atoms with E-state index in [4.69, 9.17) is 0 Å². The lowest BCUT2D eigenvalue weighted by molar-refractivity contribution is -0.134. The fraction of sp³-hybridized carbons (Fsp3) is 0.750. The van der Waals surface area contributed by atoms with Crippen LogP contribution in [0, 0.1) is 5.92 Å². The maximum absolute atomic E-state index is 10.4. The SMILES string of the molecule is CC1CS(=O)OC1=O. The predicted molar refractivity (Wildman–Crippen MR) is 28.3 cm³/mol. The summed E-state index contributed by atoms with van der Waals surface area (Å²) in [5.74, 6) is -0.155. The van der Waals surface area contributed by atoms with Gasteiger partial charge in [-0.15, -0.1) is 0 Å². The maximum Gasteiger partial charge on any atom is 0.323 e. The first-order valence-corrected chi connectivity index (χ1v) is 3.55. The lowest BCUT2D eigenvalue weighted by Gasteiger charge is -1.85. The highest BCUT2D eigenvalue weighted by Crippen LogP contribution is 2.10. The summed E-state index contributed by atoms with van der Waals surface area (Å²) in [5, 5.41) is 0. The van der Waals surface area contributed by atoms with Crippen molar-refractivity contribution >= 4 is 17.0 Å². The van der Waals surface area contributed by atoms with Crippen LogP contribution in [0.25, 0.3) is 0 Å². The number of rotatable bonds is 0. The minimum absolute atomic E-state index is 0.171. The molecule has 0 saturated carbocycles. The third kappa shape index (κ3) is 0.888. The van der Waals surface area contributed by atoms with E-state index < -0.39 is 11.1 Å². The van der Waals surface area contributed by atoms with Gasteiger partial charge in [-0.25, -0.2) is 4.21 Å². The van der Waals surface area contributed by atoms with Gasteiger partial charge in [0.05, 0.1) is 11.7 Å². The average Bonchev–Trinajstić information content (AvgIpc) is 1.85. The molecule has 0 aromatic heterocycles. The highest BCUT2D eigenvalue weighted by Gasteiger charge is 2.27. The molecule has 0 amide bonds. The molecule has 0 aliphatic carbocycles. The second-order valence-electron chi connectivity index (χ2n) is 1.77. The van der Waals surface area contributed by atoms with E-state index in [2.05, 4.69) is 4.18 Å². The van der Waals surface area contributed by atoms with E-state index in [-0.39, 0.29) is 11.9 Å². The van der Waals surface area contributed by atoms with E-state index in [1.807, 2.05) is 0 Å². The van der Waals surface area contributed by atoms with Crippen LogP contribution < -0.4 is 0 Å². The summed E-state index contributed by atoms with van der Waals surface area (Å²) >= 11 is -1.33. The van der Waals surface area contributed by atoms with Crippen LogP contribution in [-0.2, 0) is 20.1 Å². The van der Waals surface area contributed by atoms with Gasteiger partial charge in [0.25, 0.3) is 0 Å². The zero-order valence-corrected chi connectivity index (χ0v) is 5.23. The van der Waals surface area contributed by atoms with Gasteiger partial charge in [0.2, 0.25) is 11.1 Å². The Morgan fingerprint density at radius 3 is 2.62 bits per heavy atom.